The minimum absolute atomic E-state index is 0.0335. The van der Waals surface area contributed by atoms with E-state index in [-0.39, 0.29) is 28.6 Å². The highest BCUT2D eigenvalue weighted by Crippen LogP contribution is 2.29. The van der Waals surface area contributed by atoms with Crippen molar-refractivity contribution in [3.8, 4) is 0 Å². The van der Waals surface area contributed by atoms with E-state index < -0.39 is 20.8 Å². The van der Waals surface area contributed by atoms with Crippen LogP contribution in [0.3, 0.4) is 0 Å². The Morgan fingerprint density at radius 2 is 1.61 bits per heavy atom. The predicted octanol–water partition coefficient (Wildman–Crippen LogP) is 2.87. The number of likely N-dealkylation sites (tertiary alicyclic amines) is 1. The van der Waals surface area contributed by atoms with E-state index >= 15 is 0 Å². The van der Waals surface area contributed by atoms with Crippen LogP contribution >= 0.6 is 0 Å². The molecular weight excluding hydrogens is 451 g/mol. The Morgan fingerprint density at radius 3 is 2.27 bits per heavy atom. The third-order valence-electron chi connectivity index (χ3n) is 6.07. The first-order valence-corrected chi connectivity index (χ1v) is 12.3. The zero-order chi connectivity index (χ0) is 23.6. The number of carbonyl (C=O) groups is 1. The molecule has 2 heterocycles. The van der Waals surface area contributed by atoms with Crippen LogP contribution in [0.4, 0.5) is 15.8 Å². The van der Waals surface area contributed by atoms with Crippen LogP contribution in [-0.2, 0) is 10.0 Å². The Kier molecular flexibility index (Phi) is 6.61. The van der Waals surface area contributed by atoms with Gasteiger partial charge in [-0.1, -0.05) is 0 Å². The van der Waals surface area contributed by atoms with Gasteiger partial charge in [-0.05, 0) is 55.7 Å². The molecular formula is C22H25FN4O5S. The summed E-state index contributed by atoms with van der Waals surface area (Å²) in [4.78, 5) is 27.5. The first kappa shape index (κ1) is 23.1. The Labute approximate surface area is 191 Å². The Morgan fingerprint density at radius 1 is 0.909 bits per heavy atom. The molecule has 2 aromatic carbocycles. The van der Waals surface area contributed by atoms with Crippen molar-refractivity contribution in [1.29, 1.82) is 0 Å². The molecule has 2 fully saturated rings. The van der Waals surface area contributed by atoms with E-state index in [1.54, 1.807) is 17.0 Å². The molecule has 11 heteroatoms. The van der Waals surface area contributed by atoms with E-state index in [2.05, 4.69) is 0 Å². The standard InChI is InChI=1S/C22H25FN4O5S/c23-17-4-7-19(8-5-17)33(31,32)26-13-3-12-24(14-15-26)18-6-9-21(27(29)30)20(16-18)22(28)25-10-1-2-11-25/h4-9,16H,1-3,10-15H2. The minimum Gasteiger partial charge on any atom is -0.370 e. The summed E-state index contributed by atoms with van der Waals surface area (Å²) in [7, 11) is -3.77. The lowest BCUT2D eigenvalue weighted by Gasteiger charge is -2.24. The summed E-state index contributed by atoms with van der Waals surface area (Å²) < 4.78 is 40.5. The third-order valence-corrected chi connectivity index (χ3v) is 7.98. The van der Waals surface area contributed by atoms with Gasteiger partial charge in [0, 0.05) is 51.0 Å². The monoisotopic (exact) mass is 476 g/mol. The van der Waals surface area contributed by atoms with Gasteiger partial charge in [-0.2, -0.15) is 4.31 Å². The smallest absolute Gasteiger partial charge is 0.282 e. The number of hydrogen-bond acceptors (Lipinski definition) is 6. The summed E-state index contributed by atoms with van der Waals surface area (Å²) >= 11 is 0. The molecule has 0 radical (unpaired) electrons. The zero-order valence-corrected chi connectivity index (χ0v) is 18.8. The molecule has 0 atom stereocenters. The van der Waals surface area contributed by atoms with Gasteiger partial charge >= 0.3 is 0 Å². The van der Waals surface area contributed by atoms with E-state index in [1.165, 1.54) is 22.5 Å². The summed E-state index contributed by atoms with van der Waals surface area (Å²) in [5.74, 6) is -0.857. The number of rotatable bonds is 5. The highest BCUT2D eigenvalue weighted by Gasteiger charge is 2.30. The summed E-state index contributed by atoms with van der Waals surface area (Å²) in [5, 5.41) is 11.5. The molecule has 4 rings (SSSR count). The molecule has 2 aliphatic heterocycles. The Bertz CT molecular complexity index is 1150. The second kappa shape index (κ2) is 9.44. The average Bonchev–Trinajstić information content (AvgIpc) is 3.22. The molecule has 0 N–H and O–H groups in total. The van der Waals surface area contributed by atoms with Gasteiger partial charge in [0.05, 0.1) is 9.82 Å². The molecule has 0 unspecified atom stereocenters. The van der Waals surface area contributed by atoms with Crippen LogP contribution in [-0.4, -0.2) is 67.7 Å². The van der Waals surface area contributed by atoms with Crippen molar-refractivity contribution < 1.29 is 22.5 Å². The molecule has 33 heavy (non-hydrogen) atoms. The van der Waals surface area contributed by atoms with Crippen molar-refractivity contribution in [3.05, 3.63) is 64.0 Å². The molecule has 1 amide bonds. The first-order valence-electron chi connectivity index (χ1n) is 10.9. The number of anilines is 1. The van der Waals surface area contributed by atoms with Crippen molar-refractivity contribution in [2.75, 3.05) is 44.2 Å². The van der Waals surface area contributed by atoms with Crippen LogP contribution in [0, 0.1) is 15.9 Å². The zero-order valence-electron chi connectivity index (χ0n) is 18.0. The summed E-state index contributed by atoms with van der Waals surface area (Å²) in [6.45, 7) is 2.55. The number of amides is 1. The number of halogens is 1. The van der Waals surface area contributed by atoms with Crippen LogP contribution in [0.1, 0.15) is 29.6 Å². The van der Waals surface area contributed by atoms with Gasteiger partial charge in [0.2, 0.25) is 10.0 Å². The van der Waals surface area contributed by atoms with Crippen LogP contribution in [0.15, 0.2) is 47.4 Å². The minimum atomic E-state index is -3.77. The Balaban J connectivity index is 1.55. The molecule has 0 aromatic heterocycles. The van der Waals surface area contributed by atoms with E-state index in [4.69, 9.17) is 0 Å². The summed E-state index contributed by atoms with van der Waals surface area (Å²) in [5.41, 5.74) is 0.467. The number of benzene rings is 2. The maximum atomic E-state index is 13.2. The Hall–Kier alpha value is -3.05. The van der Waals surface area contributed by atoms with Gasteiger partial charge in [-0.3, -0.25) is 14.9 Å². The van der Waals surface area contributed by atoms with E-state index in [1.807, 2.05) is 4.90 Å². The van der Waals surface area contributed by atoms with E-state index in [0.29, 0.717) is 44.8 Å². The predicted molar refractivity (Wildman–Crippen MR) is 120 cm³/mol. The fourth-order valence-electron chi connectivity index (χ4n) is 4.29. The SMILES string of the molecule is O=C(c1cc(N2CCCN(S(=O)(=O)c3ccc(F)cc3)CC2)ccc1[N+](=O)[O-])N1CCCC1. The van der Waals surface area contributed by atoms with E-state index in [0.717, 1.165) is 25.0 Å². The maximum Gasteiger partial charge on any atom is 0.282 e. The fraction of sp³-hybridized carbons (Fsp3) is 0.409. The lowest BCUT2D eigenvalue weighted by atomic mass is 10.1. The highest BCUT2D eigenvalue weighted by atomic mass is 32.2. The van der Waals surface area contributed by atoms with Crippen molar-refractivity contribution in [2.24, 2.45) is 0 Å². The van der Waals surface area contributed by atoms with Crippen molar-refractivity contribution in [2.45, 2.75) is 24.2 Å². The maximum absolute atomic E-state index is 13.2. The highest BCUT2D eigenvalue weighted by molar-refractivity contribution is 7.89. The molecule has 0 spiro atoms. The number of nitro groups is 1. The third kappa shape index (κ3) is 4.83. The largest absolute Gasteiger partial charge is 0.370 e. The first-order chi connectivity index (χ1) is 15.8. The quantitative estimate of drug-likeness (QED) is 0.486. The molecule has 176 valence electrons. The molecule has 2 saturated heterocycles. The van der Waals surface area contributed by atoms with Gasteiger partial charge in [-0.25, -0.2) is 12.8 Å². The molecule has 2 aliphatic rings. The molecule has 2 aromatic rings. The van der Waals surface area contributed by atoms with Crippen LogP contribution in [0.25, 0.3) is 0 Å². The number of sulfonamides is 1. The second-order valence-electron chi connectivity index (χ2n) is 8.16. The lowest BCUT2D eigenvalue weighted by molar-refractivity contribution is -0.385. The van der Waals surface area contributed by atoms with Crippen LogP contribution < -0.4 is 4.90 Å². The summed E-state index contributed by atoms with van der Waals surface area (Å²) in [6, 6.07) is 9.22. The number of carbonyl (C=O) groups excluding carboxylic acids is 1. The number of nitro benzene ring substituents is 1. The van der Waals surface area contributed by atoms with E-state index in [9.17, 15) is 27.7 Å². The average molecular weight is 477 g/mol. The summed E-state index contributed by atoms with van der Waals surface area (Å²) in [6.07, 6.45) is 2.29. The molecule has 0 aliphatic carbocycles. The van der Waals surface area contributed by atoms with Gasteiger partial charge in [0.25, 0.3) is 11.6 Å². The van der Waals surface area contributed by atoms with Crippen molar-refractivity contribution >= 4 is 27.3 Å². The van der Waals surface area contributed by atoms with Crippen LogP contribution in [0.2, 0.25) is 0 Å². The van der Waals surface area contributed by atoms with Gasteiger partial charge < -0.3 is 9.80 Å². The normalized spacial score (nSPS) is 17.7. The van der Waals surface area contributed by atoms with Crippen molar-refractivity contribution in [3.63, 3.8) is 0 Å². The number of nitrogens with zero attached hydrogens (tertiary/aromatic N) is 4. The van der Waals surface area contributed by atoms with Gasteiger partial charge in [0.15, 0.2) is 0 Å². The van der Waals surface area contributed by atoms with Gasteiger partial charge in [-0.15, -0.1) is 0 Å². The molecule has 9 nitrogen and oxygen atoms in total. The van der Waals surface area contributed by atoms with Crippen LogP contribution in [0.5, 0.6) is 0 Å². The van der Waals surface area contributed by atoms with Crippen molar-refractivity contribution in [1.82, 2.24) is 9.21 Å². The molecule has 0 bridgehead atoms. The fourth-order valence-corrected chi connectivity index (χ4v) is 5.76. The topological polar surface area (TPSA) is 104 Å². The number of hydrogen-bond donors (Lipinski definition) is 0. The lowest BCUT2D eigenvalue weighted by Crippen LogP contribution is -2.35. The van der Waals surface area contributed by atoms with Gasteiger partial charge in [0.1, 0.15) is 11.4 Å². The second-order valence-corrected chi connectivity index (χ2v) is 10.1. The molecule has 0 saturated carbocycles.